The number of rotatable bonds is 2. The first-order valence-electron chi connectivity index (χ1n) is 8.71. The number of aryl methyl sites for hydroxylation is 1. The number of hydrogen-bond donors (Lipinski definition) is 1. The summed E-state index contributed by atoms with van der Waals surface area (Å²) >= 11 is 0. The standard InChI is InChI=1S/C17H27N3O2/c1-12-8-18-20(9-12)16-6-13-10-19(11-14(13)7-17(16)21)15-2-4-22-5-3-15/h8-9,13-17,21H,2-7,10-11H2,1H3/t13-,14+,16-,17-/m0/s1. The van der Waals surface area contributed by atoms with Crippen LogP contribution in [0.4, 0.5) is 0 Å². The third kappa shape index (κ3) is 2.70. The molecule has 1 aromatic heterocycles. The Morgan fingerprint density at radius 3 is 2.59 bits per heavy atom. The minimum Gasteiger partial charge on any atom is -0.391 e. The van der Waals surface area contributed by atoms with E-state index in [0.717, 1.165) is 32.6 Å². The molecule has 3 fully saturated rings. The van der Waals surface area contributed by atoms with Gasteiger partial charge in [0.05, 0.1) is 18.3 Å². The summed E-state index contributed by atoms with van der Waals surface area (Å²) in [5.41, 5.74) is 1.17. The van der Waals surface area contributed by atoms with E-state index in [1.54, 1.807) is 0 Å². The zero-order valence-electron chi connectivity index (χ0n) is 13.4. The molecule has 3 heterocycles. The first kappa shape index (κ1) is 14.7. The van der Waals surface area contributed by atoms with Crippen LogP contribution in [0.2, 0.25) is 0 Å². The topological polar surface area (TPSA) is 50.5 Å². The molecular formula is C17H27N3O2. The van der Waals surface area contributed by atoms with Gasteiger partial charge in [-0.1, -0.05) is 0 Å². The number of hydrogen-bond acceptors (Lipinski definition) is 4. The van der Waals surface area contributed by atoms with Crippen molar-refractivity contribution in [1.29, 1.82) is 0 Å². The fourth-order valence-electron chi connectivity index (χ4n) is 4.69. The summed E-state index contributed by atoms with van der Waals surface area (Å²) in [5, 5.41) is 15.0. The lowest BCUT2D eigenvalue weighted by molar-refractivity contribution is 0.0303. The number of aliphatic hydroxyl groups excluding tert-OH is 1. The van der Waals surface area contributed by atoms with Gasteiger partial charge in [0.25, 0.3) is 0 Å². The van der Waals surface area contributed by atoms with Crippen molar-refractivity contribution in [2.24, 2.45) is 11.8 Å². The summed E-state index contributed by atoms with van der Waals surface area (Å²) in [5.74, 6) is 1.37. The molecule has 122 valence electrons. The Kier molecular flexibility index (Phi) is 3.96. The van der Waals surface area contributed by atoms with Gasteiger partial charge in [0.15, 0.2) is 0 Å². The molecule has 0 amide bonds. The smallest absolute Gasteiger partial charge is 0.0781 e. The van der Waals surface area contributed by atoms with Crippen LogP contribution >= 0.6 is 0 Å². The van der Waals surface area contributed by atoms with Gasteiger partial charge in [-0.2, -0.15) is 5.10 Å². The molecule has 0 bridgehead atoms. The number of fused-ring (bicyclic) bond motifs is 1. The maximum Gasteiger partial charge on any atom is 0.0781 e. The molecule has 1 aromatic rings. The van der Waals surface area contributed by atoms with E-state index in [-0.39, 0.29) is 12.1 Å². The highest BCUT2D eigenvalue weighted by atomic mass is 16.5. The first-order valence-corrected chi connectivity index (χ1v) is 8.71. The van der Waals surface area contributed by atoms with Crippen molar-refractivity contribution in [3.8, 4) is 0 Å². The summed E-state index contributed by atoms with van der Waals surface area (Å²) in [6, 6.07) is 0.853. The maximum atomic E-state index is 10.6. The molecule has 0 radical (unpaired) electrons. The second-order valence-corrected chi connectivity index (χ2v) is 7.42. The molecular weight excluding hydrogens is 278 g/mol. The Balaban J connectivity index is 1.44. The van der Waals surface area contributed by atoms with Crippen molar-refractivity contribution >= 4 is 0 Å². The van der Waals surface area contributed by atoms with Gasteiger partial charge in [-0.3, -0.25) is 9.58 Å². The summed E-state index contributed by atoms with van der Waals surface area (Å²) in [7, 11) is 0. The molecule has 4 rings (SSSR count). The molecule has 22 heavy (non-hydrogen) atoms. The highest BCUT2D eigenvalue weighted by Crippen LogP contribution is 2.42. The number of likely N-dealkylation sites (tertiary alicyclic amines) is 1. The SMILES string of the molecule is Cc1cnn([C@H]2C[C@H]3CN(C4CCOCC4)C[C@H]3C[C@@H]2O)c1. The summed E-state index contributed by atoms with van der Waals surface area (Å²) in [6.07, 6.45) is 8.03. The van der Waals surface area contributed by atoms with Crippen molar-refractivity contribution in [1.82, 2.24) is 14.7 Å². The van der Waals surface area contributed by atoms with Crippen LogP contribution in [0.1, 0.15) is 37.3 Å². The molecule has 5 heteroatoms. The van der Waals surface area contributed by atoms with Crippen LogP contribution in [0, 0.1) is 18.8 Å². The van der Waals surface area contributed by atoms with E-state index < -0.39 is 0 Å². The third-order valence-electron chi connectivity index (χ3n) is 5.91. The molecule has 0 unspecified atom stereocenters. The predicted octanol–water partition coefficient (Wildman–Crippen LogP) is 1.61. The molecule has 4 atom stereocenters. The second-order valence-electron chi connectivity index (χ2n) is 7.42. The molecule has 1 N–H and O–H groups in total. The Morgan fingerprint density at radius 2 is 1.91 bits per heavy atom. The molecule has 1 aliphatic carbocycles. The highest BCUT2D eigenvalue weighted by molar-refractivity contribution is 5.03. The maximum absolute atomic E-state index is 10.6. The Bertz CT molecular complexity index is 512. The molecule has 0 aromatic carbocycles. The average Bonchev–Trinajstić information content (AvgIpc) is 3.13. The van der Waals surface area contributed by atoms with Crippen molar-refractivity contribution in [3.63, 3.8) is 0 Å². The van der Waals surface area contributed by atoms with Gasteiger partial charge >= 0.3 is 0 Å². The molecule has 5 nitrogen and oxygen atoms in total. The number of ether oxygens (including phenoxy) is 1. The van der Waals surface area contributed by atoms with Gasteiger partial charge in [0.1, 0.15) is 0 Å². The van der Waals surface area contributed by atoms with Gasteiger partial charge < -0.3 is 9.84 Å². The Morgan fingerprint density at radius 1 is 1.18 bits per heavy atom. The number of nitrogens with zero attached hydrogens (tertiary/aromatic N) is 3. The summed E-state index contributed by atoms with van der Waals surface area (Å²) < 4.78 is 7.49. The van der Waals surface area contributed by atoms with Gasteiger partial charge in [0, 0.05) is 38.5 Å². The Hall–Kier alpha value is -0.910. The van der Waals surface area contributed by atoms with Gasteiger partial charge in [-0.15, -0.1) is 0 Å². The highest BCUT2D eigenvalue weighted by Gasteiger charge is 2.44. The lowest BCUT2D eigenvalue weighted by atomic mass is 9.77. The lowest BCUT2D eigenvalue weighted by Crippen LogP contribution is -2.38. The average molecular weight is 305 g/mol. The third-order valence-corrected chi connectivity index (χ3v) is 5.91. The van der Waals surface area contributed by atoms with E-state index in [4.69, 9.17) is 4.74 Å². The largest absolute Gasteiger partial charge is 0.391 e. The first-order chi connectivity index (χ1) is 10.7. The van der Waals surface area contributed by atoms with Crippen LogP contribution in [0.3, 0.4) is 0 Å². The van der Waals surface area contributed by atoms with Gasteiger partial charge in [-0.05, 0) is 50.0 Å². The van der Waals surface area contributed by atoms with E-state index in [1.807, 2.05) is 10.9 Å². The Labute approximate surface area is 132 Å². The molecule has 1 saturated carbocycles. The van der Waals surface area contributed by atoms with Crippen LogP contribution in [0.15, 0.2) is 12.4 Å². The lowest BCUT2D eigenvalue weighted by Gasteiger charge is -2.35. The summed E-state index contributed by atoms with van der Waals surface area (Å²) in [4.78, 5) is 2.67. The molecule has 0 spiro atoms. The van der Waals surface area contributed by atoms with Crippen LogP contribution in [0.5, 0.6) is 0 Å². The monoisotopic (exact) mass is 305 g/mol. The predicted molar refractivity (Wildman–Crippen MR) is 83.6 cm³/mol. The zero-order chi connectivity index (χ0) is 15.1. The van der Waals surface area contributed by atoms with Crippen LogP contribution in [-0.2, 0) is 4.74 Å². The quantitative estimate of drug-likeness (QED) is 0.902. The van der Waals surface area contributed by atoms with Crippen molar-refractivity contribution in [2.45, 2.75) is 50.8 Å². The molecule has 3 aliphatic rings. The van der Waals surface area contributed by atoms with E-state index >= 15 is 0 Å². The van der Waals surface area contributed by atoms with Crippen LogP contribution in [0.25, 0.3) is 0 Å². The minimum absolute atomic E-state index is 0.157. The zero-order valence-corrected chi connectivity index (χ0v) is 13.4. The molecule has 2 aliphatic heterocycles. The minimum atomic E-state index is -0.254. The van der Waals surface area contributed by atoms with Crippen molar-refractivity contribution in [2.75, 3.05) is 26.3 Å². The van der Waals surface area contributed by atoms with E-state index in [9.17, 15) is 5.11 Å². The van der Waals surface area contributed by atoms with Crippen LogP contribution in [-0.4, -0.2) is 58.2 Å². The second kappa shape index (κ2) is 5.95. The van der Waals surface area contributed by atoms with Gasteiger partial charge in [0.2, 0.25) is 0 Å². The van der Waals surface area contributed by atoms with Crippen molar-refractivity contribution in [3.05, 3.63) is 18.0 Å². The molecule has 2 saturated heterocycles. The fraction of sp³-hybridized carbons (Fsp3) is 0.824. The van der Waals surface area contributed by atoms with E-state index in [1.165, 1.54) is 24.9 Å². The van der Waals surface area contributed by atoms with E-state index in [0.29, 0.717) is 17.9 Å². The number of aliphatic hydroxyl groups is 1. The van der Waals surface area contributed by atoms with Crippen molar-refractivity contribution < 1.29 is 9.84 Å². The summed E-state index contributed by atoms with van der Waals surface area (Å²) in [6.45, 7) is 6.24. The normalized spacial score (nSPS) is 37.4. The number of aromatic nitrogens is 2. The van der Waals surface area contributed by atoms with Crippen LogP contribution < -0.4 is 0 Å². The van der Waals surface area contributed by atoms with E-state index in [2.05, 4.69) is 23.1 Å². The fourth-order valence-corrected chi connectivity index (χ4v) is 4.69. The van der Waals surface area contributed by atoms with Gasteiger partial charge in [-0.25, -0.2) is 0 Å².